The highest BCUT2D eigenvalue weighted by atomic mass is 32.2. The van der Waals surface area contributed by atoms with E-state index in [1.807, 2.05) is 12.3 Å². The number of aromatic nitrogens is 2. The number of thioether (sulfide) groups is 1. The topological polar surface area (TPSA) is 124 Å². The third-order valence-electron chi connectivity index (χ3n) is 3.64. The molecule has 0 bridgehead atoms. The number of hydrogen-bond acceptors (Lipinski definition) is 5. The van der Waals surface area contributed by atoms with Crippen molar-refractivity contribution >= 4 is 35.1 Å². The summed E-state index contributed by atoms with van der Waals surface area (Å²) in [6.07, 6.45) is 1.74. The molecule has 4 N–H and O–H groups in total. The van der Waals surface area contributed by atoms with Crippen molar-refractivity contribution in [2.24, 2.45) is 0 Å². The van der Waals surface area contributed by atoms with Gasteiger partial charge in [-0.05, 0) is 24.5 Å². The van der Waals surface area contributed by atoms with Crippen molar-refractivity contribution in [3.8, 4) is 0 Å². The number of amides is 2. The fourth-order valence-corrected chi connectivity index (χ4v) is 3.02. The number of H-pyrrole nitrogens is 2. The molecule has 0 saturated heterocycles. The van der Waals surface area contributed by atoms with Crippen LogP contribution in [0.15, 0.2) is 38.8 Å². The first-order valence-electron chi connectivity index (χ1n) is 7.09. The molecule has 0 aliphatic carbocycles. The van der Waals surface area contributed by atoms with Crippen molar-refractivity contribution in [3.63, 3.8) is 0 Å². The van der Waals surface area contributed by atoms with Crippen molar-refractivity contribution in [2.75, 3.05) is 16.9 Å². The van der Waals surface area contributed by atoms with Gasteiger partial charge in [0.05, 0.1) is 11.5 Å². The molecule has 8 nitrogen and oxygen atoms in total. The number of rotatable bonds is 3. The molecule has 1 unspecified atom stereocenters. The number of nitrogens with one attached hydrogen (secondary N) is 4. The van der Waals surface area contributed by atoms with Crippen LogP contribution in [0.3, 0.4) is 0 Å². The number of fused-ring (bicyclic) bond motifs is 1. The van der Waals surface area contributed by atoms with E-state index < -0.39 is 29.0 Å². The predicted octanol–water partition coefficient (Wildman–Crippen LogP) is 0.850. The molecular formula is C15H14N4O4S. The van der Waals surface area contributed by atoms with Crippen LogP contribution in [0.25, 0.3) is 0 Å². The van der Waals surface area contributed by atoms with Gasteiger partial charge in [-0.25, -0.2) is 4.79 Å². The highest BCUT2D eigenvalue weighted by Gasteiger charge is 2.34. The summed E-state index contributed by atoms with van der Waals surface area (Å²) < 4.78 is 0. The van der Waals surface area contributed by atoms with Gasteiger partial charge in [0.2, 0.25) is 11.8 Å². The summed E-state index contributed by atoms with van der Waals surface area (Å²) in [5, 5.41) is 5.12. The molecule has 1 aliphatic heterocycles. The minimum Gasteiger partial charge on any atom is -0.326 e. The summed E-state index contributed by atoms with van der Waals surface area (Å²) in [6.45, 7) is 0. The Balaban J connectivity index is 1.95. The zero-order valence-electron chi connectivity index (χ0n) is 12.6. The number of hydrogen-bond donors (Lipinski definition) is 4. The van der Waals surface area contributed by atoms with Gasteiger partial charge >= 0.3 is 5.69 Å². The molecule has 2 aromatic rings. The smallest absolute Gasteiger partial charge is 0.326 e. The largest absolute Gasteiger partial charge is 0.327 e. The van der Waals surface area contributed by atoms with Crippen LogP contribution >= 0.6 is 11.8 Å². The molecule has 2 heterocycles. The van der Waals surface area contributed by atoms with Crippen LogP contribution < -0.4 is 21.9 Å². The van der Waals surface area contributed by atoms with Crippen molar-refractivity contribution in [2.45, 2.75) is 17.2 Å². The summed E-state index contributed by atoms with van der Waals surface area (Å²) in [5.74, 6) is -1.94. The normalized spacial score (nSPS) is 16.2. The maximum absolute atomic E-state index is 12.6. The first-order valence-corrected chi connectivity index (χ1v) is 8.31. The molecule has 0 spiro atoms. The Morgan fingerprint density at radius 3 is 2.79 bits per heavy atom. The minimum absolute atomic E-state index is 0.0296. The third-order valence-corrected chi connectivity index (χ3v) is 4.36. The summed E-state index contributed by atoms with van der Waals surface area (Å²) in [4.78, 5) is 53.1. The van der Waals surface area contributed by atoms with Gasteiger partial charge in [-0.15, -0.1) is 11.8 Å². The summed E-state index contributed by atoms with van der Waals surface area (Å²) in [5.41, 5.74) is -0.812. The van der Waals surface area contributed by atoms with Crippen molar-refractivity contribution < 1.29 is 9.59 Å². The summed E-state index contributed by atoms with van der Waals surface area (Å²) >= 11 is 1.53. The molecule has 0 fully saturated rings. The molecule has 1 aromatic carbocycles. The van der Waals surface area contributed by atoms with Crippen molar-refractivity contribution in [3.05, 3.63) is 50.7 Å². The van der Waals surface area contributed by atoms with E-state index in [-0.39, 0.29) is 17.8 Å². The van der Waals surface area contributed by atoms with Crippen LogP contribution in [0.5, 0.6) is 0 Å². The first kappa shape index (κ1) is 16.1. The van der Waals surface area contributed by atoms with E-state index in [9.17, 15) is 19.2 Å². The van der Waals surface area contributed by atoms with Gasteiger partial charge in [0.15, 0.2) is 0 Å². The van der Waals surface area contributed by atoms with Crippen molar-refractivity contribution in [1.82, 2.24) is 9.97 Å². The molecule has 9 heteroatoms. The molecule has 1 aromatic heterocycles. The number of carbonyl (C=O) groups excluding carboxylic acids is 2. The Labute approximate surface area is 140 Å². The molecule has 1 aliphatic rings. The second-order valence-electron chi connectivity index (χ2n) is 5.22. The average Bonchev–Trinajstić information content (AvgIpc) is 2.53. The van der Waals surface area contributed by atoms with E-state index in [4.69, 9.17) is 0 Å². The Bertz CT molecular complexity index is 934. The zero-order chi connectivity index (χ0) is 17.3. The van der Waals surface area contributed by atoms with Crippen LogP contribution in [0.2, 0.25) is 0 Å². The Hall–Kier alpha value is -2.81. The molecule has 24 heavy (non-hydrogen) atoms. The molecule has 2 amide bonds. The highest BCUT2D eigenvalue weighted by Crippen LogP contribution is 2.28. The third kappa shape index (κ3) is 3.11. The van der Waals surface area contributed by atoms with E-state index in [0.29, 0.717) is 5.69 Å². The summed E-state index contributed by atoms with van der Waals surface area (Å²) in [6, 6.07) is 7.22. The lowest BCUT2D eigenvalue weighted by molar-refractivity contribution is -0.123. The number of anilines is 2. The molecule has 0 saturated carbocycles. The van der Waals surface area contributed by atoms with Crippen LogP contribution in [0.4, 0.5) is 11.5 Å². The molecule has 124 valence electrons. The lowest BCUT2D eigenvalue weighted by Crippen LogP contribution is -2.39. The Kier molecular flexibility index (Phi) is 4.26. The van der Waals surface area contributed by atoms with Crippen molar-refractivity contribution in [1.29, 1.82) is 0 Å². The summed E-state index contributed by atoms with van der Waals surface area (Å²) in [7, 11) is 0. The highest BCUT2D eigenvalue weighted by molar-refractivity contribution is 7.98. The van der Waals surface area contributed by atoms with E-state index in [1.165, 1.54) is 11.8 Å². The van der Waals surface area contributed by atoms with Gasteiger partial charge in [-0.2, -0.15) is 0 Å². The fourth-order valence-electron chi connectivity index (χ4n) is 2.56. The quantitative estimate of drug-likeness (QED) is 0.613. The monoisotopic (exact) mass is 346 g/mol. The molecule has 1 atom stereocenters. The zero-order valence-corrected chi connectivity index (χ0v) is 13.5. The van der Waals surface area contributed by atoms with Crippen LogP contribution in [-0.2, 0) is 9.59 Å². The van der Waals surface area contributed by atoms with Crippen LogP contribution in [-0.4, -0.2) is 28.0 Å². The molecule has 3 rings (SSSR count). The molecule has 0 radical (unpaired) electrons. The SMILES string of the molecule is CSc1cccc(NC(=O)C2CC(=O)Nc3[nH]c(=O)[nH]c(=O)c32)c1. The number of carbonyl (C=O) groups is 2. The van der Waals surface area contributed by atoms with Gasteiger partial charge in [0.25, 0.3) is 5.56 Å². The molecular weight excluding hydrogens is 332 g/mol. The van der Waals surface area contributed by atoms with Crippen LogP contribution in [0.1, 0.15) is 17.9 Å². The lowest BCUT2D eigenvalue weighted by Gasteiger charge is -2.23. The average molecular weight is 346 g/mol. The van der Waals surface area contributed by atoms with E-state index in [1.54, 1.807) is 18.2 Å². The Morgan fingerprint density at radius 2 is 2.04 bits per heavy atom. The number of aromatic amines is 2. The number of benzene rings is 1. The van der Waals surface area contributed by atoms with Gasteiger partial charge in [-0.1, -0.05) is 6.07 Å². The van der Waals surface area contributed by atoms with Gasteiger partial charge < -0.3 is 10.6 Å². The second kappa shape index (κ2) is 6.36. The maximum Gasteiger partial charge on any atom is 0.327 e. The predicted molar refractivity (Wildman–Crippen MR) is 90.5 cm³/mol. The van der Waals surface area contributed by atoms with E-state index in [0.717, 1.165) is 4.90 Å². The van der Waals surface area contributed by atoms with Gasteiger partial charge in [-0.3, -0.25) is 24.4 Å². The van der Waals surface area contributed by atoms with E-state index >= 15 is 0 Å². The van der Waals surface area contributed by atoms with E-state index in [2.05, 4.69) is 20.6 Å². The standard InChI is InChI=1S/C15H14N4O4S/c1-24-8-4-2-3-7(5-8)16-13(21)9-6-10(20)17-12-11(9)14(22)19-15(23)18-12/h2-5,9H,6H2,1H3,(H,16,21)(H3,17,18,19,20,22,23). The first-order chi connectivity index (χ1) is 11.5. The van der Waals surface area contributed by atoms with Crippen LogP contribution in [0, 0.1) is 0 Å². The second-order valence-corrected chi connectivity index (χ2v) is 6.10. The van der Waals surface area contributed by atoms with Gasteiger partial charge in [0, 0.05) is 17.0 Å². The maximum atomic E-state index is 12.6. The lowest BCUT2D eigenvalue weighted by atomic mass is 9.92. The fraction of sp³-hybridized carbons (Fsp3) is 0.200. The minimum atomic E-state index is -0.979. The Morgan fingerprint density at radius 1 is 1.25 bits per heavy atom. The van der Waals surface area contributed by atoms with Gasteiger partial charge in [0.1, 0.15) is 5.82 Å².